The van der Waals surface area contributed by atoms with Gasteiger partial charge < -0.3 is 25.0 Å². The maximum absolute atomic E-state index is 12.0. The molecule has 3 heterocycles. The number of rotatable bonds is 6. The van der Waals surface area contributed by atoms with Crippen molar-refractivity contribution in [2.75, 3.05) is 25.4 Å². The Morgan fingerprint density at radius 2 is 1.95 bits per heavy atom. The molecule has 2 atom stereocenters. The molecule has 0 aliphatic carbocycles. The Labute approximate surface area is 221 Å². The van der Waals surface area contributed by atoms with Gasteiger partial charge in [-0.1, -0.05) is 42.8 Å². The Balaban J connectivity index is 1.60. The highest BCUT2D eigenvalue weighted by atomic mass is 16.5. The lowest BCUT2D eigenvalue weighted by atomic mass is 10.0. The van der Waals surface area contributed by atoms with Gasteiger partial charge in [-0.2, -0.15) is 0 Å². The molecule has 192 valence electrons. The number of anilines is 1. The summed E-state index contributed by atoms with van der Waals surface area (Å²) in [4.78, 5) is 22.6. The molecule has 0 spiro atoms. The Hall–Kier alpha value is -4.61. The molecule has 0 radical (unpaired) electrons. The second-order valence-electron chi connectivity index (χ2n) is 9.27. The number of nitrogens with zero attached hydrogens (tertiary/aromatic N) is 4. The smallest absolute Gasteiger partial charge is 0.245 e. The number of ether oxygens (including phenoxy) is 1. The van der Waals surface area contributed by atoms with E-state index in [-0.39, 0.29) is 24.5 Å². The molecule has 1 aliphatic heterocycles. The van der Waals surface area contributed by atoms with Crippen LogP contribution in [0.3, 0.4) is 0 Å². The first-order valence-corrected chi connectivity index (χ1v) is 12.5. The fraction of sp³-hybridized carbons (Fsp3) is 0.233. The molecule has 1 amide bonds. The molecule has 1 fully saturated rings. The maximum atomic E-state index is 12.0. The molecule has 5 rings (SSSR count). The van der Waals surface area contributed by atoms with Gasteiger partial charge in [0.15, 0.2) is 0 Å². The average molecular weight is 508 g/mol. The highest BCUT2D eigenvalue weighted by molar-refractivity contribution is 6.03. The fourth-order valence-corrected chi connectivity index (χ4v) is 4.76. The van der Waals surface area contributed by atoms with Crippen molar-refractivity contribution in [3.8, 4) is 34.5 Å². The molecular weight excluding hydrogens is 478 g/mol. The lowest BCUT2D eigenvalue weighted by Gasteiger charge is -2.14. The Bertz CT molecular complexity index is 1530. The van der Waals surface area contributed by atoms with Gasteiger partial charge in [-0.05, 0) is 55.2 Å². The van der Waals surface area contributed by atoms with Crippen LogP contribution < -0.4 is 10.5 Å². The van der Waals surface area contributed by atoms with Crippen LogP contribution in [0.5, 0.6) is 11.5 Å². The predicted octanol–water partition coefficient (Wildman–Crippen LogP) is 4.41. The van der Waals surface area contributed by atoms with E-state index in [1.165, 1.54) is 12.4 Å². The number of nitrogens with two attached hydrogens (primary N) is 1. The van der Waals surface area contributed by atoms with Crippen molar-refractivity contribution in [2.24, 2.45) is 5.92 Å². The third kappa shape index (κ3) is 4.84. The maximum Gasteiger partial charge on any atom is 0.245 e. The van der Waals surface area contributed by atoms with Gasteiger partial charge in [0, 0.05) is 24.6 Å². The van der Waals surface area contributed by atoms with E-state index in [0.717, 1.165) is 23.3 Å². The van der Waals surface area contributed by atoms with E-state index in [1.54, 1.807) is 4.90 Å². The number of nitrogen functional groups attached to an aromatic ring is 1. The van der Waals surface area contributed by atoms with E-state index in [9.17, 15) is 9.90 Å². The summed E-state index contributed by atoms with van der Waals surface area (Å²) in [5.41, 5.74) is 9.36. The third-order valence-corrected chi connectivity index (χ3v) is 6.71. The summed E-state index contributed by atoms with van der Waals surface area (Å²) in [6.45, 7) is 6.59. The van der Waals surface area contributed by atoms with Gasteiger partial charge in [-0.25, -0.2) is 9.97 Å². The molecular formula is C30H29N5O3. The second kappa shape index (κ2) is 10.8. The molecule has 2 aromatic carbocycles. The predicted molar refractivity (Wildman–Crippen MR) is 147 cm³/mol. The highest BCUT2D eigenvalue weighted by Crippen LogP contribution is 2.39. The summed E-state index contributed by atoms with van der Waals surface area (Å²) < 4.78 is 7.89. The van der Waals surface area contributed by atoms with Crippen LogP contribution in [0.4, 0.5) is 5.82 Å². The number of hydrogen-bond acceptors (Lipinski definition) is 6. The molecule has 2 unspecified atom stereocenters. The largest absolute Gasteiger partial charge is 0.457 e. The summed E-state index contributed by atoms with van der Waals surface area (Å²) in [7, 11) is 0. The van der Waals surface area contributed by atoms with E-state index in [1.807, 2.05) is 66.1 Å². The standard InChI is InChI=1S/C30H29N5O3/c1-3-26(37)34-16-15-21(17-34)9-14-25-27(28-29(31)32-19-33-30(28)35(25)20(2)18-36)22-10-12-24(13-11-22)38-23-7-5-4-6-8-23/h3-8,10-13,19-21,36H,1,15-18H2,2H3,(H2,31,32,33). The van der Waals surface area contributed by atoms with Gasteiger partial charge in [-0.15, -0.1) is 0 Å². The molecule has 2 aromatic heterocycles. The number of benzene rings is 2. The zero-order chi connectivity index (χ0) is 26.6. The number of carbonyl (C=O) groups excluding carboxylic acids is 1. The van der Waals surface area contributed by atoms with E-state index in [4.69, 9.17) is 10.5 Å². The number of aliphatic hydroxyl groups is 1. The SMILES string of the molecule is C=CC(=O)N1CCC(C#Cc2c(-c3ccc(Oc4ccccc4)cc3)c3c(N)ncnc3n2C(C)CO)C1. The number of hydrogen-bond donors (Lipinski definition) is 2. The van der Waals surface area contributed by atoms with Gasteiger partial charge >= 0.3 is 0 Å². The molecule has 38 heavy (non-hydrogen) atoms. The van der Waals surface area contributed by atoms with Crippen LogP contribution in [0.2, 0.25) is 0 Å². The summed E-state index contributed by atoms with van der Waals surface area (Å²) in [6.07, 6.45) is 3.54. The summed E-state index contributed by atoms with van der Waals surface area (Å²) in [5, 5.41) is 10.8. The van der Waals surface area contributed by atoms with E-state index in [0.29, 0.717) is 41.4 Å². The van der Waals surface area contributed by atoms with Crippen LogP contribution in [-0.2, 0) is 4.79 Å². The summed E-state index contributed by atoms with van der Waals surface area (Å²) >= 11 is 0. The number of aromatic nitrogens is 3. The Kier molecular flexibility index (Phi) is 7.11. The van der Waals surface area contributed by atoms with Crippen LogP contribution in [0.15, 0.2) is 73.6 Å². The van der Waals surface area contributed by atoms with E-state index >= 15 is 0 Å². The van der Waals surface area contributed by atoms with Gasteiger partial charge in [0.2, 0.25) is 5.91 Å². The van der Waals surface area contributed by atoms with Crippen LogP contribution in [0.1, 0.15) is 25.1 Å². The van der Waals surface area contributed by atoms with Crippen molar-refractivity contribution in [3.05, 3.63) is 79.3 Å². The Morgan fingerprint density at radius 1 is 1.21 bits per heavy atom. The Morgan fingerprint density at radius 3 is 2.66 bits per heavy atom. The lowest BCUT2D eigenvalue weighted by molar-refractivity contribution is -0.125. The fourth-order valence-electron chi connectivity index (χ4n) is 4.76. The first-order valence-electron chi connectivity index (χ1n) is 12.5. The zero-order valence-electron chi connectivity index (χ0n) is 21.2. The highest BCUT2D eigenvalue weighted by Gasteiger charge is 2.26. The van der Waals surface area contributed by atoms with Gasteiger partial charge in [0.1, 0.15) is 35.0 Å². The summed E-state index contributed by atoms with van der Waals surface area (Å²) in [6, 6.07) is 17.0. The molecule has 0 saturated carbocycles. The molecule has 3 N–H and O–H groups in total. The van der Waals surface area contributed by atoms with Crippen molar-refractivity contribution in [2.45, 2.75) is 19.4 Å². The number of aliphatic hydroxyl groups excluding tert-OH is 1. The minimum absolute atomic E-state index is 0.0210. The van der Waals surface area contributed by atoms with Crippen LogP contribution in [0, 0.1) is 17.8 Å². The molecule has 8 nitrogen and oxygen atoms in total. The average Bonchev–Trinajstić information content (AvgIpc) is 3.55. The van der Waals surface area contributed by atoms with Crippen molar-refractivity contribution in [1.82, 2.24) is 19.4 Å². The quantitative estimate of drug-likeness (QED) is 0.296. The number of likely N-dealkylation sites (tertiary alicyclic amines) is 1. The van der Waals surface area contributed by atoms with Gasteiger partial charge in [0.25, 0.3) is 0 Å². The second-order valence-corrected chi connectivity index (χ2v) is 9.27. The first-order chi connectivity index (χ1) is 18.5. The van der Waals surface area contributed by atoms with E-state index in [2.05, 4.69) is 28.4 Å². The lowest BCUT2D eigenvalue weighted by Crippen LogP contribution is -2.26. The van der Waals surface area contributed by atoms with Crippen LogP contribution in [0.25, 0.3) is 22.2 Å². The number of amides is 1. The van der Waals surface area contributed by atoms with Crippen molar-refractivity contribution >= 4 is 22.8 Å². The molecule has 0 bridgehead atoms. The number of carbonyl (C=O) groups is 1. The van der Waals surface area contributed by atoms with Gasteiger partial charge in [-0.3, -0.25) is 4.79 Å². The van der Waals surface area contributed by atoms with E-state index < -0.39 is 0 Å². The van der Waals surface area contributed by atoms with Crippen LogP contribution in [-0.4, -0.2) is 50.1 Å². The molecule has 1 saturated heterocycles. The molecule has 4 aromatic rings. The topological polar surface area (TPSA) is 107 Å². The van der Waals surface area contributed by atoms with Gasteiger partial charge in [0.05, 0.1) is 18.0 Å². The van der Waals surface area contributed by atoms with Crippen LogP contribution >= 0.6 is 0 Å². The monoisotopic (exact) mass is 507 g/mol. The molecule has 8 heteroatoms. The zero-order valence-corrected chi connectivity index (χ0v) is 21.2. The first kappa shape index (κ1) is 25.1. The number of fused-ring (bicyclic) bond motifs is 1. The minimum Gasteiger partial charge on any atom is -0.457 e. The third-order valence-electron chi connectivity index (χ3n) is 6.71. The normalized spacial score (nSPS) is 15.6. The molecule has 1 aliphatic rings. The van der Waals surface area contributed by atoms with Crippen molar-refractivity contribution in [3.63, 3.8) is 0 Å². The summed E-state index contributed by atoms with van der Waals surface area (Å²) in [5.74, 6) is 8.46. The van der Waals surface area contributed by atoms with Crippen molar-refractivity contribution in [1.29, 1.82) is 0 Å². The number of para-hydroxylation sites is 1. The minimum atomic E-state index is -0.298. The van der Waals surface area contributed by atoms with Crippen molar-refractivity contribution < 1.29 is 14.6 Å².